The number of hydrogen-bond acceptors (Lipinski definition) is 19. The summed E-state index contributed by atoms with van der Waals surface area (Å²) >= 11 is 0. The predicted molar refractivity (Wildman–Crippen MR) is 238 cm³/mol. The van der Waals surface area contributed by atoms with E-state index in [4.69, 9.17) is 18.4 Å². The van der Waals surface area contributed by atoms with Gasteiger partial charge in [0.15, 0.2) is 19.7 Å². The fourth-order valence-electron chi connectivity index (χ4n) is 14.0. The third-order valence-corrected chi connectivity index (χ3v) is 28.8. The van der Waals surface area contributed by atoms with Crippen LogP contribution in [0.1, 0.15) is 80.1 Å². The summed E-state index contributed by atoms with van der Waals surface area (Å²) in [6.45, 7) is 11.1. The SMILES string of the molecule is CC1C2CC3(C(F)(F)F)C(O2)C1OS3(=O)=O.CC1C2CC3C(O2)C1CS3(=O)=O.CC1C2CC3C1CS(=O)(=O)C3C2.CC1C2OS(=O)(=O)C3C2OC1C3C(F)(F)F.CC1CCS(=O)(=O)O1.CC1CCS(=O)(=O)O1. The van der Waals surface area contributed by atoms with Gasteiger partial charge in [-0.1, -0.05) is 27.7 Å². The highest BCUT2D eigenvalue weighted by molar-refractivity contribution is 7.92. The summed E-state index contributed by atoms with van der Waals surface area (Å²) in [6, 6.07) is 0. The number of sulfone groups is 2. The first-order valence-electron chi connectivity index (χ1n) is 24.0. The Hall–Kier alpha value is -1.00. The van der Waals surface area contributed by atoms with Crippen molar-refractivity contribution in [3.8, 4) is 0 Å². The largest absolute Gasteiger partial charge is 0.413 e. The third-order valence-electron chi connectivity index (χ3n) is 17.9. The van der Waals surface area contributed by atoms with E-state index in [-0.39, 0.29) is 52.3 Å². The van der Waals surface area contributed by atoms with Crippen LogP contribution in [0.15, 0.2) is 0 Å². The number of ether oxygens (including phenoxy) is 3. The minimum Gasteiger partial charge on any atom is -0.373 e. The third kappa shape index (κ3) is 9.22. The molecule has 2 aliphatic carbocycles. The highest BCUT2D eigenvalue weighted by Crippen LogP contribution is 2.63. The van der Waals surface area contributed by atoms with Gasteiger partial charge in [-0.3, -0.25) is 16.7 Å². The molecule has 8 bridgehead atoms. The Bertz CT molecular complexity index is 2720. The van der Waals surface area contributed by atoms with Crippen LogP contribution >= 0.6 is 0 Å². The van der Waals surface area contributed by atoms with Crippen LogP contribution in [-0.4, -0.2) is 167 Å². The van der Waals surface area contributed by atoms with Gasteiger partial charge in [-0.15, -0.1) is 0 Å². The lowest BCUT2D eigenvalue weighted by Gasteiger charge is -2.29. The highest BCUT2D eigenvalue weighted by Gasteiger charge is 2.83. The minimum absolute atomic E-state index is 0.0509. The normalized spacial score (nSPS) is 51.5. The van der Waals surface area contributed by atoms with E-state index in [9.17, 15) is 76.8 Å². The summed E-state index contributed by atoms with van der Waals surface area (Å²) in [5.41, 5.74) is 0. The molecule has 23 unspecified atom stereocenters. The Morgan fingerprint density at radius 2 is 1.07 bits per heavy atom. The lowest BCUT2D eigenvalue weighted by Crippen LogP contribution is -2.56. The second-order valence-corrected chi connectivity index (χ2v) is 33.6. The Morgan fingerprint density at radius 1 is 0.500 bits per heavy atom. The van der Waals surface area contributed by atoms with Gasteiger partial charge in [-0.25, -0.2) is 16.8 Å². The second kappa shape index (κ2) is 18.0. The summed E-state index contributed by atoms with van der Waals surface area (Å²) in [5, 5.41) is -1.65. The molecule has 0 aromatic carbocycles. The molecular weight excluding hydrogens is 1100 g/mol. The monoisotopic (exact) mass is 1160 g/mol. The minimum atomic E-state index is -4.85. The van der Waals surface area contributed by atoms with Crippen molar-refractivity contribution in [1.29, 1.82) is 0 Å². The van der Waals surface area contributed by atoms with Crippen LogP contribution < -0.4 is 0 Å². The summed E-state index contributed by atoms with van der Waals surface area (Å²) in [4.78, 5) is 0. The van der Waals surface area contributed by atoms with Crippen LogP contribution in [0.25, 0.3) is 0 Å². The van der Waals surface area contributed by atoms with E-state index in [1.54, 1.807) is 20.8 Å². The topological polar surface area (TPSA) is 269 Å². The number of halogens is 6. The lowest BCUT2D eigenvalue weighted by molar-refractivity contribution is -0.189. The molecule has 2 saturated carbocycles. The van der Waals surface area contributed by atoms with Gasteiger partial charge in [0.25, 0.3) is 40.5 Å². The molecule has 31 heteroatoms. The van der Waals surface area contributed by atoms with Crippen molar-refractivity contribution in [2.75, 3.05) is 23.0 Å². The van der Waals surface area contributed by atoms with E-state index >= 15 is 0 Å². The zero-order valence-corrected chi connectivity index (χ0v) is 44.6. The Balaban J connectivity index is 0.000000109. The molecule has 12 saturated heterocycles. The molecule has 12 aliphatic heterocycles. The van der Waals surface area contributed by atoms with Crippen molar-refractivity contribution < 1.29 is 108 Å². The molecule has 19 nitrogen and oxygen atoms in total. The Labute approximate surface area is 416 Å². The molecule has 0 N–H and O–H groups in total. The molecule has 0 spiro atoms. The van der Waals surface area contributed by atoms with Crippen molar-refractivity contribution in [2.24, 2.45) is 53.3 Å². The maximum atomic E-state index is 13.0. The van der Waals surface area contributed by atoms with Gasteiger partial charge in [0.05, 0.1) is 70.1 Å². The van der Waals surface area contributed by atoms with Gasteiger partial charge in [-0.05, 0) is 75.5 Å². The molecule has 0 amide bonds. The zero-order valence-electron chi connectivity index (χ0n) is 39.7. The first-order chi connectivity index (χ1) is 32.8. The number of rotatable bonds is 0. The maximum Gasteiger partial charge on any atom is 0.413 e. The van der Waals surface area contributed by atoms with Crippen LogP contribution in [-0.2, 0) is 91.1 Å². The van der Waals surface area contributed by atoms with E-state index in [1.165, 1.54) is 13.3 Å². The van der Waals surface area contributed by atoms with Gasteiger partial charge in [0.1, 0.15) is 35.6 Å². The zero-order chi connectivity index (χ0) is 53.2. The molecule has 23 atom stereocenters. The average molecular weight is 1160 g/mol. The molecular formula is C41H60F6O19S6. The number of hydrogen-bond donors (Lipinski definition) is 0. The van der Waals surface area contributed by atoms with Crippen molar-refractivity contribution in [3.63, 3.8) is 0 Å². The quantitative estimate of drug-likeness (QED) is 0.249. The van der Waals surface area contributed by atoms with Gasteiger partial charge in [0, 0.05) is 24.2 Å². The summed E-state index contributed by atoms with van der Waals surface area (Å²) < 4.78 is 243. The van der Waals surface area contributed by atoms with E-state index in [1.807, 2.05) is 0 Å². The molecule has 72 heavy (non-hydrogen) atoms. The van der Waals surface area contributed by atoms with Gasteiger partial charge >= 0.3 is 12.4 Å². The van der Waals surface area contributed by atoms with Crippen molar-refractivity contribution >= 4 is 60.1 Å². The van der Waals surface area contributed by atoms with Gasteiger partial charge in [-0.2, -0.15) is 60.0 Å². The van der Waals surface area contributed by atoms with E-state index < -0.39 is 137 Å². The molecule has 14 aliphatic rings. The number of alkyl halides is 6. The highest BCUT2D eigenvalue weighted by atomic mass is 32.2. The molecule has 0 radical (unpaired) electrons. The molecule has 14 rings (SSSR count). The number of fused-ring (bicyclic) bond motifs is 4. The predicted octanol–water partition coefficient (Wildman–Crippen LogP) is 3.03. The van der Waals surface area contributed by atoms with Crippen LogP contribution in [0.5, 0.6) is 0 Å². The second-order valence-electron chi connectivity index (χ2n) is 22.0. The standard InChI is InChI=1S/C9H14O2S.2C8H9F3O4S.C8H12O3S.2C4H8O3S/c1-5-6-2-7-8(5)4-12(10,11)9(7)3-6;1-3-4-2-7(8(9,10)11)6(14-4)5(3)15-16(7,12)13;1-2-4-3(8(9,10)11)7-6(14-4)5(2)15-16(7,12)13;1-4-5-3-12(9,10)7-2-6(4)11-8(5)7;2*1-4-2-3-8(5,6)7-4/h5-9H,2-4H2,1H3;3-6H,2H2,1H3;2-7H,1H3;4-8H,2-3H2,1H3;2*4H,2-3H2,1H3. The van der Waals surface area contributed by atoms with E-state index in [0.29, 0.717) is 53.9 Å². The molecule has 12 heterocycles. The summed E-state index contributed by atoms with van der Waals surface area (Å²) in [5.74, 6) is 1.73. The molecule has 0 aromatic heterocycles. The van der Waals surface area contributed by atoms with Crippen LogP contribution in [0.2, 0.25) is 0 Å². The van der Waals surface area contributed by atoms with Crippen LogP contribution in [0.3, 0.4) is 0 Å². The fourth-order valence-corrected chi connectivity index (χ4v) is 25.6. The Kier molecular flexibility index (Phi) is 14.0. The molecule has 14 fully saturated rings. The smallest absolute Gasteiger partial charge is 0.373 e. The maximum absolute atomic E-state index is 13.0. The summed E-state index contributed by atoms with van der Waals surface area (Å²) in [7, 11) is -20.4. The Morgan fingerprint density at radius 3 is 1.51 bits per heavy atom. The molecule has 0 aromatic rings. The van der Waals surface area contributed by atoms with Gasteiger partial charge < -0.3 is 14.2 Å². The molecule has 416 valence electrons. The van der Waals surface area contributed by atoms with Crippen molar-refractivity contribution in [1.82, 2.24) is 0 Å². The van der Waals surface area contributed by atoms with Gasteiger partial charge in [0.2, 0.25) is 4.75 Å². The van der Waals surface area contributed by atoms with E-state index in [0.717, 1.165) is 18.8 Å². The van der Waals surface area contributed by atoms with Crippen molar-refractivity contribution in [2.45, 2.75) is 174 Å². The first kappa shape index (κ1) is 55.7. The van der Waals surface area contributed by atoms with E-state index in [2.05, 4.69) is 26.4 Å². The first-order valence-corrected chi connectivity index (χ1v) is 33.5. The summed E-state index contributed by atoms with van der Waals surface area (Å²) in [6.07, 6.45) is -11.5. The average Bonchev–Trinajstić information content (AvgIpc) is 4.09. The lowest BCUT2D eigenvalue weighted by atomic mass is 9.80. The fraction of sp³-hybridized carbons (Fsp3) is 1.00. The van der Waals surface area contributed by atoms with Crippen molar-refractivity contribution in [3.05, 3.63) is 0 Å². The van der Waals surface area contributed by atoms with Crippen LogP contribution in [0.4, 0.5) is 26.3 Å². The van der Waals surface area contributed by atoms with Crippen LogP contribution in [0, 0.1) is 53.3 Å².